The van der Waals surface area contributed by atoms with Crippen molar-refractivity contribution >= 4 is 17.3 Å². The summed E-state index contributed by atoms with van der Waals surface area (Å²) in [4.78, 5) is 13.7. The van der Waals surface area contributed by atoms with Crippen molar-refractivity contribution in [3.05, 3.63) is 23.8 Å². The maximum atomic E-state index is 11.6. The van der Waals surface area contributed by atoms with Gasteiger partial charge in [0.2, 0.25) is 5.91 Å². The molecule has 0 spiro atoms. The minimum Gasteiger partial charge on any atom is -0.370 e. The molecule has 2 rings (SSSR count). The number of benzene rings is 1. The van der Waals surface area contributed by atoms with E-state index < -0.39 is 6.04 Å². The Kier molecular flexibility index (Phi) is 4.26. The van der Waals surface area contributed by atoms with Crippen LogP contribution in [0.25, 0.3) is 0 Å². The molecule has 1 atom stereocenters. The second-order valence-electron chi connectivity index (χ2n) is 5.49. The Hall–Kier alpha value is -2.06. The fourth-order valence-corrected chi connectivity index (χ4v) is 2.42. The topological polar surface area (TPSA) is 82.2 Å². The maximum absolute atomic E-state index is 11.6. The molecule has 0 aromatic heterocycles. The third-order valence-electron chi connectivity index (χ3n) is 3.36. The number of rotatable bonds is 5. The second-order valence-corrected chi connectivity index (χ2v) is 5.49. The summed E-state index contributed by atoms with van der Waals surface area (Å²) >= 11 is 0. The van der Waals surface area contributed by atoms with Gasteiger partial charge >= 0.3 is 0 Å². The van der Waals surface area contributed by atoms with Crippen LogP contribution in [-0.2, 0) is 4.79 Å². The lowest BCUT2D eigenvalue weighted by Gasteiger charge is -2.26. The Balaban J connectivity index is 2.24. The standard InChI is InChI=1S/C15H20N4O/c1-10(2)9-19(7-3-6-16)11-4-5-12-13(8-11)18-15(20)14(12)17/h4-5,8,10,14H,3,7,9,17H2,1-2H3,(H,18,20). The number of carbonyl (C=O) groups is 1. The summed E-state index contributed by atoms with van der Waals surface area (Å²) in [5.74, 6) is 0.336. The number of hydrogen-bond donors (Lipinski definition) is 2. The van der Waals surface area contributed by atoms with Crippen LogP contribution in [0.3, 0.4) is 0 Å². The highest BCUT2D eigenvalue weighted by atomic mass is 16.2. The van der Waals surface area contributed by atoms with Crippen LogP contribution in [0.5, 0.6) is 0 Å². The van der Waals surface area contributed by atoms with Crippen LogP contribution in [-0.4, -0.2) is 19.0 Å². The average molecular weight is 272 g/mol. The maximum Gasteiger partial charge on any atom is 0.245 e. The van der Waals surface area contributed by atoms with Gasteiger partial charge in [-0.15, -0.1) is 0 Å². The van der Waals surface area contributed by atoms with Crippen LogP contribution >= 0.6 is 0 Å². The zero-order valence-corrected chi connectivity index (χ0v) is 11.9. The third-order valence-corrected chi connectivity index (χ3v) is 3.36. The number of fused-ring (bicyclic) bond motifs is 1. The van der Waals surface area contributed by atoms with Gasteiger partial charge in [-0.05, 0) is 18.1 Å². The van der Waals surface area contributed by atoms with Crippen molar-refractivity contribution in [3.8, 4) is 6.07 Å². The van der Waals surface area contributed by atoms with E-state index in [4.69, 9.17) is 11.0 Å². The first-order valence-electron chi connectivity index (χ1n) is 6.85. The lowest BCUT2D eigenvalue weighted by molar-refractivity contribution is -0.116. The van der Waals surface area contributed by atoms with E-state index in [9.17, 15) is 4.79 Å². The summed E-state index contributed by atoms with van der Waals surface area (Å²) in [6, 6.07) is 7.41. The number of nitrogens with one attached hydrogen (secondary N) is 1. The summed E-state index contributed by atoms with van der Waals surface area (Å²) in [5, 5.41) is 11.6. The molecule has 0 fully saturated rings. The molecule has 0 aliphatic carbocycles. The van der Waals surface area contributed by atoms with E-state index in [2.05, 4.69) is 30.1 Å². The Morgan fingerprint density at radius 2 is 2.25 bits per heavy atom. The quantitative estimate of drug-likeness (QED) is 0.859. The highest BCUT2D eigenvalue weighted by Gasteiger charge is 2.27. The molecule has 1 amide bonds. The van der Waals surface area contributed by atoms with Crippen molar-refractivity contribution in [2.45, 2.75) is 26.3 Å². The first-order valence-corrected chi connectivity index (χ1v) is 6.85. The van der Waals surface area contributed by atoms with Gasteiger partial charge in [-0.2, -0.15) is 5.26 Å². The number of nitriles is 1. The summed E-state index contributed by atoms with van der Waals surface area (Å²) < 4.78 is 0. The van der Waals surface area contributed by atoms with Crippen molar-refractivity contribution in [2.75, 3.05) is 23.3 Å². The van der Waals surface area contributed by atoms with E-state index in [1.165, 1.54) is 0 Å². The van der Waals surface area contributed by atoms with Crippen LogP contribution in [0.2, 0.25) is 0 Å². The van der Waals surface area contributed by atoms with Crippen molar-refractivity contribution in [1.29, 1.82) is 5.26 Å². The van der Waals surface area contributed by atoms with E-state index in [-0.39, 0.29) is 5.91 Å². The number of amides is 1. The van der Waals surface area contributed by atoms with Gasteiger partial charge in [-0.25, -0.2) is 0 Å². The lowest BCUT2D eigenvalue weighted by atomic mass is 10.1. The van der Waals surface area contributed by atoms with Gasteiger partial charge in [0.1, 0.15) is 6.04 Å². The van der Waals surface area contributed by atoms with Gasteiger partial charge in [0.15, 0.2) is 0 Å². The van der Waals surface area contributed by atoms with Gasteiger partial charge < -0.3 is 16.0 Å². The lowest BCUT2D eigenvalue weighted by Crippen LogP contribution is -2.28. The van der Waals surface area contributed by atoms with Crippen LogP contribution in [0.4, 0.5) is 11.4 Å². The highest BCUT2D eigenvalue weighted by molar-refractivity contribution is 6.02. The highest BCUT2D eigenvalue weighted by Crippen LogP contribution is 2.33. The first-order chi connectivity index (χ1) is 9.52. The van der Waals surface area contributed by atoms with Crippen molar-refractivity contribution in [2.24, 2.45) is 11.7 Å². The molecule has 3 N–H and O–H groups in total. The molecule has 1 aliphatic heterocycles. The molecule has 1 unspecified atom stereocenters. The number of carbonyl (C=O) groups excluding carboxylic acids is 1. The van der Waals surface area contributed by atoms with Crippen LogP contribution in [0, 0.1) is 17.2 Å². The van der Waals surface area contributed by atoms with Gasteiger partial charge in [-0.1, -0.05) is 19.9 Å². The van der Waals surface area contributed by atoms with Crippen molar-refractivity contribution in [1.82, 2.24) is 0 Å². The zero-order chi connectivity index (χ0) is 14.7. The summed E-state index contributed by atoms with van der Waals surface area (Å²) in [6.07, 6.45) is 0.482. The molecule has 0 saturated carbocycles. The van der Waals surface area contributed by atoms with E-state index in [1.54, 1.807) is 0 Å². The predicted octanol–water partition coefficient (Wildman–Crippen LogP) is 2.01. The fraction of sp³-hybridized carbons (Fsp3) is 0.467. The number of nitrogens with zero attached hydrogens (tertiary/aromatic N) is 2. The van der Waals surface area contributed by atoms with Gasteiger partial charge in [-0.3, -0.25) is 4.79 Å². The smallest absolute Gasteiger partial charge is 0.245 e. The monoisotopic (exact) mass is 272 g/mol. The van der Waals surface area contributed by atoms with Gasteiger partial charge in [0, 0.05) is 30.0 Å². The first kappa shape index (κ1) is 14.4. The SMILES string of the molecule is CC(C)CN(CCC#N)c1ccc2c(c1)NC(=O)C2N. The Morgan fingerprint density at radius 1 is 1.50 bits per heavy atom. The van der Waals surface area contributed by atoms with E-state index in [0.717, 1.165) is 23.5 Å². The van der Waals surface area contributed by atoms with Crippen LogP contribution in [0.15, 0.2) is 18.2 Å². The molecular weight excluding hydrogens is 252 g/mol. The number of hydrogen-bond acceptors (Lipinski definition) is 4. The molecule has 0 bridgehead atoms. The van der Waals surface area contributed by atoms with E-state index >= 15 is 0 Å². The van der Waals surface area contributed by atoms with Crippen LogP contribution in [0.1, 0.15) is 31.9 Å². The van der Waals surface area contributed by atoms with Gasteiger partial charge in [0.25, 0.3) is 0 Å². The molecule has 0 saturated heterocycles. The Labute approximate surface area is 119 Å². The molecule has 5 heteroatoms. The number of anilines is 2. The molecule has 1 aliphatic rings. The molecular formula is C15H20N4O. The number of nitrogens with two attached hydrogens (primary N) is 1. The van der Waals surface area contributed by atoms with Crippen LogP contribution < -0.4 is 16.0 Å². The molecule has 1 aromatic rings. The Morgan fingerprint density at radius 3 is 2.90 bits per heavy atom. The molecule has 1 heterocycles. The fourth-order valence-electron chi connectivity index (χ4n) is 2.42. The average Bonchev–Trinajstić information content (AvgIpc) is 2.69. The minimum absolute atomic E-state index is 0.162. The zero-order valence-electron chi connectivity index (χ0n) is 11.9. The molecule has 1 aromatic carbocycles. The summed E-state index contributed by atoms with van der Waals surface area (Å²) in [5.41, 5.74) is 8.44. The molecule has 106 valence electrons. The predicted molar refractivity (Wildman–Crippen MR) is 79.3 cm³/mol. The summed E-state index contributed by atoms with van der Waals surface area (Å²) in [7, 11) is 0. The minimum atomic E-state index is -0.572. The van der Waals surface area contributed by atoms with E-state index in [1.807, 2.05) is 18.2 Å². The summed E-state index contributed by atoms with van der Waals surface area (Å²) in [6.45, 7) is 5.85. The molecule has 5 nitrogen and oxygen atoms in total. The third kappa shape index (κ3) is 2.91. The van der Waals surface area contributed by atoms with Gasteiger partial charge in [0.05, 0.1) is 12.5 Å². The second kappa shape index (κ2) is 5.93. The van der Waals surface area contributed by atoms with E-state index in [0.29, 0.717) is 18.9 Å². The Bertz CT molecular complexity index is 547. The van der Waals surface area contributed by atoms with Crippen molar-refractivity contribution in [3.63, 3.8) is 0 Å². The molecule has 20 heavy (non-hydrogen) atoms. The largest absolute Gasteiger partial charge is 0.370 e. The normalized spacial score (nSPS) is 16.8. The van der Waals surface area contributed by atoms with Crippen molar-refractivity contribution < 1.29 is 4.79 Å². The molecule has 0 radical (unpaired) electrons.